The zero-order chi connectivity index (χ0) is 24.2. The molecule has 1 aromatic carbocycles. The van der Waals surface area contributed by atoms with E-state index in [4.69, 9.17) is 14.6 Å². The maximum atomic E-state index is 12.3. The van der Waals surface area contributed by atoms with Crippen LogP contribution in [0.25, 0.3) is 22.3 Å². The zero-order valence-corrected chi connectivity index (χ0v) is 20.7. The molecule has 2 aromatic heterocycles. The second-order valence-electron chi connectivity index (χ2n) is 10.7. The number of nitrogens with zero attached hydrogens (tertiary/aromatic N) is 3. The molecule has 0 spiro atoms. The third-order valence-electron chi connectivity index (χ3n) is 7.65. The molecule has 4 heterocycles. The van der Waals surface area contributed by atoms with Gasteiger partial charge in [0.05, 0.1) is 31.5 Å². The summed E-state index contributed by atoms with van der Waals surface area (Å²) in [5.41, 5.74) is 8.29. The molecule has 8 nitrogen and oxygen atoms in total. The van der Waals surface area contributed by atoms with E-state index in [1.807, 2.05) is 4.90 Å². The van der Waals surface area contributed by atoms with Crippen LogP contribution in [-0.4, -0.2) is 72.1 Å². The highest BCUT2D eigenvalue weighted by Crippen LogP contribution is 2.38. The molecule has 2 N–H and O–H groups in total. The Bertz CT molecular complexity index is 1300. The number of carbonyl (C=O) groups excluding carboxylic acids is 1. The minimum absolute atomic E-state index is 0.00735. The van der Waals surface area contributed by atoms with Crippen LogP contribution in [0.1, 0.15) is 31.5 Å². The molecule has 3 aliphatic rings. The van der Waals surface area contributed by atoms with Gasteiger partial charge in [0.25, 0.3) is 0 Å². The number of fused-ring (bicyclic) bond motifs is 3. The summed E-state index contributed by atoms with van der Waals surface area (Å²) in [5.74, 6) is 0.0503. The van der Waals surface area contributed by atoms with Gasteiger partial charge in [-0.2, -0.15) is 5.10 Å². The van der Waals surface area contributed by atoms with E-state index >= 15 is 0 Å². The van der Waals surface area contributed by atoms with Crippen LogP contribution in [-0.2, 0) is 27.1 Å². The molecular weight excluding hydrogens is 442 g/mol. The van der Waals surface area contributed by atoms with Gasteiger partial charge in [-0.3, -0.25) is 9.89 Å². The quantitative estimate of drug-likeness (QED) is 0.568. The smallest absolute Gasteiger partial charge is 0.249 e. The first-order valence-electron chi connectivity index (χ1n) is 12.5. The molecule has 1 fully saturated rings. The number of hydrogen-bond acceptors (Lipinski definition) is 5. The summed E-state index contributed by atoms with van der Waals surface area (Å²) in [5, 5.41) is 9.15. The fourth-order valence-corrected chi connectivity index (χ4v) is 5.69. The number of nitrogens with one attached hydrogen (secondary N) is 2. The van der Waals surface area contributed by atoms with E-state index in [2.05, 4.69) is 59.2 Å². The van der Waals surface area contributed by atoms with Crippen LogP contribution >= 0.6 is 0 Å². The Morgan fingerprint density at radius 2 is 2.20 bits per heavy atom. The highest BCUT2D eigenvalue weighted by atomic mass is 16.5. The third-order valence-corrected chi connectivity index (χ3v) is 7.65. The summed E-state index contributed by atoms with van der Waals surface area (Å²) >= 11 is 0. The van der Waals surface area contributed by atoms with Gasteiger partial charge in [0, 0.05) is 47.2 Å². The molecule has 1 saturated heterocycles. The van der Waals surface area contributed by atoms with Crippen molar-refractivity contribution in [3.05, 3.63) is 47.3 Å². The Kier molecular flexibility index (Phi) is 5.45. The van der Waals surface area contributed by atoms with E-state index in [-0.39, 0.29) is 18.6 Å². The van der Waals surface area contributed by atoms with Gasteiger partial charge in [-0.1, -0.05) is 19.9 Å². The van der Waals surface area contributed by atoms with Crippen LogP contribution in [0, 0.1) is 5.41 Å². The molecule has 6 rings (SSSR count). The molecule has 1 atom stereocenters. The molecule has 1 amide bonds. The Morgan fingerprint density at radius 3 is 3.03 bits per heavy atom. The average molecular weight is 476 g/mol. The number of rotatable bonds is 6. The van der Waals surface area contributed by atoms with Crippen molar-refractivity contribution >= 4 is 22.5 Å². The maximum Gasteiger partial charge on any atom is 0.249 e. The summed E-state index contributed by atoms with van der Waals surface area (Å²) in [4.78, 5) is 20.1. The number of methoxy groups -OCH3 is 1. The van der Waals surface area contributed by atoms with Crippen molar-refractivity contribution in [2.45, 2.75) is 39.2 Å². The van der Waals surface area contributed by atoms with E-state index in [1.54, 1.807) is 7.11 Å². The Morgan fingerprint density at radius 1 is 1.31 bits per heavy atom. The number of aromatic nitrogens is 3. The number of ether oxygens (including phenoxy) is 2. The van der Waals surface area contributed by atoms with Crippen molar-refractivity contribution in [2.24, 2.45) is 5.41 Å². The van der Waals surface area contributed by atoms with Gasteiger partial charge >= 0.3 is 0 Å². The SMILES string of the molecule is COCCN(C1=C[C@H]2COCC(=O)N2C1)c1ccc2cc(-c3n[nH]c4c3CCC(C)(C)C4)[nH]c2c1. The Hall–Kier alpha value is -3.10. The molecule has 1 aliphatic carbocycles. The van der Waals surface area contributed by atoms with Crippen molar-refractivity contribution in [2.75, 3.05) is 44.9 Å². The summed E-state index contributed by atoms with van der Waals surface area (Å²) in [6.07, 6.45) is 5.42. The first-order chi connectivity index (χ1) is 16.9. The van der Waals surface area contributed by atoms with E-state index in [0.717, 1.165) is 46.5 Å². The number of anilines is 1. The van der Waals surface area contributed by atoms with Gasteiger partial charge in [0.15, 0.2) is 0 Å². The number of carbonyl (C=O) groups is 1. The first-order valence-corrected chi connectivity index (χ1v) is 12.5. The second-order valence-corrected chi connectivity index (χ2v) is 10.7. The number of hydrogen-bond donors (Lipinski definition) is 2. The van der Waals surface area contributed by atoms with Crippen LogP contribution in [0.5, 0.6) is 0 Å². The summed E-state index contributed by atoms with van der Waals surface area (Å²) in [7, 11) is 1.72. The van der Waals surface area contributed by atoms with E-state index in [1.165, 1.54) is 17.7 Å². The predicted molar refractivity (Wildman–Crippen MR) is 135 cm³/mol. The fraction of sp³-hybridized carbons (Fsp3) is 0.481. The predicted octanol–water partition coefficient (Wildman–Crippen LogP) is 3.65. The van der Waals surface area contributed by atoms with E-state index < -0.39 is 0 Å². The highest BCUT2D eigenvalue weighted by Gasteiger charge is 2.35. The van der Waals surface area contributed by atoms with Crippen LogP contribution < -0.4 is 4.90 Å². The van der Waals surface area contributed by atoms with Gasteiger partial charge in [-0.05, 0) is 49.0 Å². The van der Waals surface area contributed by atoms with Gasteiger partial charge in [0.1, 0.15) is 12.3 Å². The van der Waals surface area contributed by atoms with Crippen molar-refractivity contribution in [3.63, 3.8) is 0 Å². The molecule has 0 saturated carbocycles. The van der Waals surface area contributed by atoms with Gasteiger partial charge in [-0.25, -0.2) is 0 Å². The monoisotopic (exact) mass is 475 g/mol. The van der Waals surface area contributed by atoms with Crippen molar-refractivity contribution in [3.8, 4) is 11.4 Å². The Balaban J connectivity index is 1.32. The molecule has 8 heteroatoms. The standard InChI is InChI=1S/C27H33N5O3/c1-27(2)7-6-21-24(13-27)29-30-26(21)23-10-17-4-5-18(12-22(17)28-23)31(8-9-34-3)19-11-20-15-35-16-25(33)32(20)14-19/h4-5,10-12,20,28H,6-9,13-16H2,1-3H3,(H,29,30)/t20-/m0/s1. The first kappa shape index (κ1) is 22.4. The molecule has 0 radical (unpaired) electrons. The summed E-state index contributed by atoms with van der Waals surface area (Å²) in [6.45, 7) is 7.27. The van der Waals surface area contributed by atoms with Crippen LogP contribution in [0.3, 0.4) is 0 Å². The lowest BCUT2D eigenvalue weighted by Gasteiger charge is -2.30. The molecule has 0 unspecified atom stereocenters. The van der Waals surface area contributed by atoms with Crippen LogP contribution in [0.15, 0.2) is 36.0 Å². The van der Waals surface area contributed by atoms with E-state index in [9.17, 15) is 4.79 Å². The fourth-order valence-electron chi connectivity index (χ4n) is 5.69. The topological polar surface area (TPSA) is 86.5 Å². The summed E-state index contributed by atoms with van der Waals surface area (Å²) in [6, 6.07) is 8.69. The van der Waals surface area contributed by atoms with E-state index in [0.29, 0.717) is 31.7 Å². The normalized spacial score (nSPS) is 21.2. The van der Waals surface area contributed by atoms with Gasteiger partial charge < -0.3 is 24.3 Å². The summed E-state index contributed by atoms with van der Waals surface area (Å²) < 4.78 is 10.9. The molecule has 3 aromatic rings. The molecule has 0 bridgehead atoms. The Labute approximate surface area is 205 Å². The number of amides is 1. The maximum absolute atomic E-state index is 12.3. The molecular formula is C27H33N5O3. The largest absolute Gasteiger partial charge is 0.383 e. The van der Waals surface area contributed by atoms with Gasteiger partial charge in [-0.15, -0.1) is 0 Å². The number of aromatic amines is 2. The minimum Gasteiger partial charge on any atom is -0.383 e. The molecule has 35 heavy (non-hydrogen) atoms. The second kappa shape index (κ2) is 8.53. The zero-order valence-electron chi connectivity index (χ0n) is 20.7. The number of morpholine rings is 1. The van der Waals surface area contributed by atoms with Gasteiger partial charge in [0.2, 0.25) is 5.91 Å². The van der Waals surface area contributed by atoms with Crippen molar-refractivity contribution in [1.82, 2.24) is 20.1 Å². The lowest BCUT2D eigenvalue weighted by atomic mass is 9.76. The lowest BCUT2D eigenvalue weighted by Crippen LogP contribution is -2.46. The number of H-pyrrole nitrogens is 2. The van der Waals surface area contributed by atoms with Crippen molar-refractivity contribution in [1.29, 1.82) is 0 Å². The lowest BCUT2D eigenvalue weighted by molar-refractivity contribution is -0.144. The number of benzene rings is 1. The average Bonchev–Trinajstić information content (AvgIpc) is 3.54. The minimum atomic E-state index is 0.00735. The molecule has 2 aliphatic heterocycles. The van der Waals surface area contributed by atoms with Crippen LogP contribution in [0.4, 0.5) is 5.69 Å². The highest BCUT2D eigenvalue weighted by molar-refractivity contribution is 5.89. The van der Waals surface area contributed by atoms with Crippen LogP contribution in [0.2, 0.25) is 0 Å². The van der Waals surface area contributed by atoms with Crippen molar-refractivity contribution < 1.29 is 14.3 Å². The molecule has 184 valence electrons. The third kappa shape index (κ3) is 4.04.